The molecule has 0 fully saturated rings. The summed E-state index contributed by atoms with van der Waals surface area (Å²) in [5.74, 6) is 0. The first kappa shape index (κ1) is 12.8. The van der Waals surface area contributed by atoms with Gasteiger partial charge < -0.3 is 5.32 Å². The van der Waals surface area contributed by atoms with Crippen LogP contribution in [0.3, 0.4) is 0 Å². The number of H-pyrrole nitrogens is 1. The van der Waals surface area contributed by atoms with Crippen LogP contribution >= 0.6 is 0 Å². The second-order valence-electron chi connectivity index (χ2n) is 4.30. The molecule has 0 spiro atoms. The van der Waals surface area contributed by atoms with Crippen LogP contribution in [0.1, 0.15) is 37.0 Å². The first-order chi connectivity index (χ1) is 8.74. The van der Waals surface area contributed by atoms with E-state index in [0.717, 1.165) is 30.9 Å². The van der Waals surface area contributed by atoms with Crippen molar-refractivity contribution in [3.8, 4) is 0 Å². The Balaban J connectivity index is 2.18. The van der Waals surface area contributed by atoms with Gasteiger partial charge in [-0.2, -0.15) is 20.5 Å². The number of likely N-dealkylation sites (N-methyl/N-ethyl adjacent to an activating group) is 1. The molecule has 0 radical (unpaired) electrons. The monoisotopic (exact) mass is 248 g/mol. The number of aromatic amines is 1. The van der Waals surface area contributed by atoms with Crippen LogP contribution in [0.4, 0.5) is 0 Å². The van der Waals surface area contributed by atoms with E-state index in [1.807, 2.05) is 11.6 Å². The van der Waals surface area contributed by atoms with Crippen molar-refractivity contribution in [3.05, 3.63) is 29.3 Å². The molecule has 0 bridgehead atoms. The lowest BCUT2D eigenvalue weighted by Crippen LogP contribution is -2.24. The van der Waals surface area contributed by atoms with Gasteiger partial charge in [0.05, 0.1) is 23.6 Å². The number of nitrogens with zero attached hydrogens (tertiary/aromatic N) is 4. The van der Waals surface area contributed by atoms with Crippen LogP contribution in [-0.2, 0) is 13.0 Å². The summed E-state index contributed by atoms with van der Waals surface area (Å²) in [5.41, 5.74) is 3.23. The summed E-state index contributed by atoms with van der Waals surface area (Å²) in [4.78, 5) is 0. The van der Waals surface area contributed by atoms with E-state index in [1.165, 1.54) is 5.69 Å². The van der Waals surface area contributed by atoms with Crippen molar-refractivity contribution in [2.45, 2.75) is 39.8 Å². The van der Waals surface area contributed by atoms with Gasteiger partial charge in [-0.25, -0.2) is 0 Å². The molecule has 6 heteroatoms. The minimum atomic E-state index is 0.176. The highest BCUT2D eigenvalue weighted by Gasteiger charge is 2.16. The number of aryl methyl sites for hydroxylation is 2. The average molecular weight is 248 g/mol. The molecule has 0 saturated heterocycles. The number of hydrogen-bond acceptors (Lipinski definition) is 4. The maximum atomic E-state index is 4.47. The second kappa shape index (κ2) is 5.77. The van der Waals surface area contributed by atoms with Gasteiger partial charge in [-0.15, -0.1) is 0 Å². The van der Waals surface area contributed by atoms with Crippen LogP contribution in [0.2, 0.25) is 0 Å². The molecule has 0 amide bonds. The Labute approximate surface area is 107 Å². The van der Waals surface area contributed by atoms with Gasteiger partial charge in [0.25, 0.3) is 0 Å². The molecule has 0 aromatic carbocycles. The van der Waals surface area contributed by atoms with E-state index in [2.05, 4.69) is 45.7 Å². The van der Waals surface area contributed by atoms with Crippen molar-refractivity contribution in [2.75, 3.05) is 6.54 Å². The van der Waals surface area contributed by atoms with Crippen molar-refractivity contribution in [3.63, 3.8) is 0 Å². The predicted octanol–water partition coefficient (Wildman–Crippen LogP) is 1.22. The largest absolute Gasteiger partial charge is 0.308 e. The normalized spacial score (nSPS) is 12.8. The van der Waals surface area contributed by atoms with Gasteiger partial charge in [-0.05, 0) is 26.5 Å². The average Bonchev–Trinajstić information content (AvgIpc) is 2.97. The topological polar surface area (TPSA) is 71.4 Å². The van der Waals surface area contributed by atoms with Gasteiger partial charge in [0.1, 0.15) is 0 Å². The fourth-order valence-corrected chi connectivity index (χ4v) is 2.15. The molecule has 0 aliphatic rings. The lowest BCUT2D eigenvalue weighted by Gasteiger charge is -2.15. The molecule has 2 aromatic heterocycles. The van der Waals surface area contributed by atoms with E-state index in [4.69, 9.17) is 0 Å². The Bertz CT molecular complexity index is 473. The molecule has 0 aliphatic carbocycles. The van der Waals surface area contributed by atoms with E-state index < -0.39 is 0 Å². The van der Waals surface area contributed by atoms with Crippen LogP contribution in [0, 0.1) is 6.92 Å². The van der Waals surface area contributed by atoms with E-state index in [-0.39, 0.29) is 6.04 Å². The van der Waals surface area contributed by atoms with Crippen molar-refractivity contribution >= 4 is 0 Å². The number of rotatable bonds is 6. The van der Waals surface area contributed by atoms with E-state index in [0.29, 0.717) is 0 Å². The molecule has 2 heterocycles. The Morgan fingerprint density at radius 3 is 2.89 bits per heavy atom. The first-order valence-corrected chi connectivity index (χ1v) is 6.37. The van der Waals surface area contributed by atoms with Gasteiger partial charge in [-0.1, -0.05) is 6.92 Å². The minimum absolute atomic E-state index is 0.176. The second-order valence-corrected chi connectivity index (χ2v) is 4.30. The molecule has 18 heavy (non-hydrogen) atoms. The molecule has 1 unspecified atom stereocenters. The Kier molecular flexibility index (Phi) is 4.09. The predicted molar refractivity (Wildman–Crippen MR) is 69.1 cm³/mol. The van der Waals surface area contributed by atoms with E-state index in [1.54, 1.807) is 6.20 Å². The smallest absolute Gasteiger partial charge is 0.0997 e. The highest BCUT2D eigenvalue weighted by molar-refractivity contribution is 5.13. The van der Waals surface area contributed by atoms with Gasteiger partial charge in [-0.3, -0.25) is 4.68 Å². The van der Waals surface area contributed by atoms with Crippen LogP contribution in [0.15, 0.2) is 12.3 Å². The molecule has 0 aliphatic heterocycles. The summed E-state index contributed by atoms with van der Waals surface area (Å²) in [5, 5.41) is 18.6. The zero-order valence-corrected chi connectivity index (χ0v) is 11.1. The van der Waals surface area contributed by atoms with Crippen LogP contribution in [0.5, 0.6) is 0 Å². The lowest BCUT2D eigenvalue weighted by atomic mass is 10.1. The number of hydrogen-bond donors (Lipinski definition) is 2. The fourth-order valence-electron chi connectivity index (χ4n) is 2.15. The molecule has 98 valence electrons. The fraction of sp³-hybridized carbons (Fsp3) is 0.583. The molecule has 2 N–H and O–H groups in total. The molecule has 6 nitrogen and oxygen atoms in total. The standard InChI is InChI=1S/C12H20N6/c1-4-13-11(12-8-14-17-15-12)7-10-6-9(3)16-18(10)5-2/h6,8,11,13H,4-5,7H2,1-3H3,(H,14,15,17). The Hall–Kier alpha value is -1.69. The summed E-state index contributed by atoms with van der Waals surface area (Å²) in [6, 6.07) is 2.31. The van der Waals surface area contributed by atoms with Gasteiger partial charge in [0, 0.05) is 18.7 Å². The third-order valence-electron chi connectivity index (χ3n) is 2.94. The third-order valence-corrected chi connectivity index (χ3v) is 2.94. The van der Waals surface area contributed by atoms with Gasteiger partial charge in [0.2, 0.25) is 0 Å². The number of nitrogens with one attached hydrogen (secondary N) is 2. The zero-order chi connectivity index (χ0) is 13.0. The molecule has 2 rings (SSSR count). The van der Waals surface area contributed by atoms with Crippen LogP contribution in [-0.4, -0.2) is 31.7 Å². The third kappa shape index (κ3) is 2.76. The SMILES string of the molecule is CCNC(Cc1cc(C)nn1CC)c1cn[nH]n1. The quantitative estimate of drug-likeness (QED) is 0.806. The molecule has 0 saturated carbocycles. The molecular formula is C12H20N6. The summed E-state index contributed by atoms with van der Waals surface area (Å²) in [6.45, 7) is 8.01. The maximum absolute atomic E-state index is 4.47. The highest BCUT2D eigenvalue weighted by atomic mass is 15.3. The summed E-state index contributed by atoms with van der Waals surface area (Å²) in [7, 11) is 0. The molecule has 1 atom stereocenters. The summed E-state index contributed by atoms with van der Waals surface area (Å²) >= 11 is 0. The van der Waals surface area contributed by atoms with E-state index >= 15 is 0 Å². The Morgan fingerprint density at radius 1 is 1.44 bits per heavy atom. The van der Waals surface area contributed by atoms with Gasteiger partial charge >= 0.3 is 0 Å². The first-order valence-electron chi connectivity index (χ1n) is 6.37. The maximum Gasteiger partial charge on any atom is 0.0997 e. The number of aromatic nitrogens is 5. The Morgan fingerprint density at radius 2 is 2.28 bits per heavy atom. The lowest BCUT2D eigenvalue weighted by molar-refractivity contribution is 0.506. The van der Waals surface area contributed by atoms with Crippen molar-refractivity contribution in [1.29, 1.82) is 0 Å². The van der Waals surface area contributed by atoms with Gasteiger partial charge in [0.15, 0.2) is 0 Å². The van der Waals surface area contributed by atoms with Crippen LogP contribution < -0.4 is 5.32 Å². The van der Waals surface area contributed by atoms with Crippen molar-refractivity contribution in [2.24, 2.45) is 0 Å². The summed E-state index contributed by atoms with van der Waals surface area (Å²) in [6.07, 6.45) is 2.64. The van der Waals surface area contributed by atoms with Crippen molar-refractivity contribution in [1.82, 2.24) is 30.5 Å². The van der Waals surface area contributed by atoms with Crippen LogP contribution in [0.25, 0.3) is 0 Å². The van der Waals surface area contributed by atoms with Crippen molar-refractivity contribution < 1.29 is 0 Å². The van der Waals surface area contributed by atoms with E-state index in [9.17, 15) is 0 Å². The molecular weight excluding hydrogens is 228 g/mol. The minimum Gasteiger partial charge on any atom is -0.308 e. The summed E-state index contributed by atoms with van der Waals surface area (Å²) < 4.78 is 2.04. The zero-order valence-electron chi connectivity index (χ0n) is 11.1. The molecule has 2 aromatic rings. The highest BCUT2D eigenvalue weighted by Crippen LogP contribution is 2.16.